The van der Waals surface area contributed by atoms with Gasteiger partial charge in [0.1, 0.15) is 9.88 Å². The molecule has 1 saturated heterocycles. The maximum Gasteiger partial charge on any atom is 0.309 e. The monoisotopic (exact) mass is 364 g/mol. The molecule has 0 atom stereocenters. The number of nitrogens with zero attached hydrogens (tertiary/aromatic N) is 2. The molecule has 0 N–H and O–H groups in total. The van der Waals surface area contributed by atoms with E-state index in [1.807, 2.05) is 35.6 Å². The Hall–Kier alpha value is -1.73. The summed E-state index contributed by atoms with van der Waals surface area (Å²) in [7, 11) is 0. The molecule has 0 saturated carbocycles. The second-order valence-corrected chi connectivity index (χ2v) is 7.54. The molecule has 7 heteroatoms. The van der Waals surface area contributed by atoms with Crippen LogP contribution in [0.3, 0.4) is 0 Å². The molecule has 0 bridgehead atoms. The number of thiophene rings is 1. The Morgan fingerprint density at radius 3 is 2.75 bits per heavy atom. The van der Waals surface area contributed by atoms with E-state index in [9.17, 15) is 9.59 Å². The average Bonchev–Trinajstić information content (AvgIpc) is 3.24. The van der Waals surface area contributed by atoms with E-state index in [0.29, 0.717) is 37.4 Å². The van der Waals surface area contributed by atoms with Crippen molar-refractivity contribution in [3.8, 4) is 10.6 Å². The van der Waals surface area contributed by atoms with E-state index < -0.39 is 0 Å². The summed E-state index contributed by atoms with van der Waals surface area (Å²) in [6.45, 7) is 5.28. The maximum absolute atomic E-state index is 12.8. The second kappa shape index (κ2) is 7.44. The van der Waals surface area contributed by atoms with Crippen LogP contribution in [-0.2, 0) is 9.53 Å². The number of ether oxygens (including phenoxy) is 1. The van der Waals surface area contributed by atoms with Gasteiger partial charge in [0.05, 0.1) is 18.2 Å². The van der Waals surface area contributed by atoms with Gasteiger partial charge >= 0.3 is 5.97 Å². The Labute approximate surface area is 149 Å². The molecular weight excluding hydrogens is 344 g/mol. The van der Waals surface area contributed by atoms with E-state index in [0.717, 1.165) is 16.3 Å². The molecule has 1 amide bonds. The van der Waals surface area contributed by atoms with E-state index in [2.05, 4.69) is 4.98 Å². The van der Waals surface area contributed by atoms with Gasteiger partial charge in [0.2, 0.25) is 0 Å². The number of aryl methyl sites for hydroxylation is 1. The highest BCUT2D eigenvalue weighted by atomic mass is 32.1. The molecule has 0 unspecified atom stereocenters. The molecule has 0 aliphatic carbocycles. The van der Waals surface area contributed by atoms with E-state index in [-0.39, 0.29) is 17.8 Å². The number of likely N-dealkylation sites (tertiary alicyclic amines) is 1. The van der Waals surface area contributed by atoms with Gasteiger partial charge in [-0.05, 0) is 38.1 Å². The quantitative estimate of drug-likeness (QED) is 0.778. The number of carbonyl (C=O) groups excluding carboxylic acids is 2. The maximum atomic E-state index is 12.8. The largest absolute Gasteiger partial charge is 0.466 e. The summed E-state index contributed by atoms with van der Waals surface area (Å²) in [4.78, 5) is 31.7. The third kappa shape index (κ3) is 3.52. The van der Waals surface area contributed by atoms with Crippen molar-refractivity contribution < 1.29 is 14.3 Å². The standard InChI is InChI=1S/C17H20N2O3S2/c1-3-22-17(21)12-4-7-19(8-5-12)16(20)14-11(2)18-15(24-14)13-6-9-23-10-13/h6,9-10,12H,3-5,7-8H2,1-2H3. The average molecular weight is 364 g/mol. The van der Waals surface area contributed by atoms with E-state index in [1.165, 1.54) is 11.3 Å². The van der Waals surface area contributed by atoms with Gasteiger partial charge < -0.3 is 9.64 Å². The van der Waals surface area contributed by atoms with Crippen molar-refractivity contribution in [3.63, 3.8) is 0 Å². The molecule has 3 rings (SSSR count). The second-order valence-electron chi connectivity index (χ2n) is 5.76. The van der Waals surface area contributed by atoms with Crippen LogP contribution in [0.15, 0.2) is 16.8 Å². The van der Waals surface area contributed by atoms with Crippen LogP contribution in [0.25, 0.3) is 10.6 Å². The number of amides is 1. The summed E-state index contributed by atoms with van der Waals surface area (Å²) in [5.74, 6) is -0.204. The lowest BCUT2D eigenvalue weighted by Crippen LogP contribution is -2.40. The van der Waals surface area contributed by atoms with Crippen LogP contribution in [0.5, 0.6) is 0 Å². The van der Waals surface area contributed by atoms with Crippen molar-refractivity contribution in [2.75, 3.05) is 19.7 Å². The fourth-order valence-electron chi connectivity index (χ4n) is 2.83. The predicted molar refractivity (Wildman–Crippen MR) is 95.4 cm³/mol. The number of hydrogen-bond acceptors (Lipinski definition) is 6. The van der Waals surface area contributed by atoms with Gasteiger partial charge in [0.15, 0.2) is 0 Å². The lowest BCUT2D eigenvalue weighted by Gasteiger charge is -2.30. The summed E-state index contributed by atoms with van der Waals surface area (Å²) in [6, 6.07) is 2.02. The normalized spacial score (nSPS) is 15.5. The lowest BCUT2D eigenvalue weighted by molar-refractivity contribution is -0.149. The van der Waals surface area contributed by atoms with Gasteiger partial charge in [-0.2, -0.15) is 11.3 Å². The SMILES string of the molecule is CCOC(=O)C1CCN(C(=O)c2sc(-c3ccsc3)nc2C)CC1. The van der Waals surface area contributed by atoms with E-state index in [4.69, 9.17) is 4.74 Å². The molecule has 2 aromatic heterocycles. The Kier molecular flexibility index (Phi) is 5.30. The van der Waals surface area contributed by atoms with Gasteiger partial charge in [-0.3, -0.25) is 9.59 Å². The number of carbonyl (C=O) groups is 2. The van der Waals surface area contributed by atoms with Crippen LogP contribution in [-0.4, -0.2) is 41.5 Å². The minimum atomic E-state index is -0.140. The Balaban J connectivity index is 1.67. The minimum Gasteiger partial charge on any atom is -0.466 e. The summed E-state index contributed by atoms with van der Waals surface area (Å²) < 4.78 is 5.08. The first-order valence-electron chi connectivity index (χ1n) is 8.06. The molecule has 3 heterocycles. The van der Waals surface area contributed by atoms with Crippen molar-refractivity contribution in [2.24, 2.45) is 5.92 Å². The molecule has 0 aromatic carbocycles. The van der Waals surface area contributed by atoms with Gasteiger partial charge in [-0.1, -0.05) is 0 Å². The van der Waals surface area contributed by atoms with E-state index >= 15 is 0 Å². The topological polar surface area (TPSA) is 59.5 Å². The molecule has 5 nitrogen and oxygen atoms in total. The number of piperidine rings is 1. The van der Waals surface area contributed by atoms with Gasteiger partial charge in [-0.25, -0.2) is 4.98 Å². The summed E-state index contributed by atoms with van der Waals surface area (Å²) in [5, 5.41) is 4.93. The molecule has 1 fully saturated rings. The Bertz CT molecular complexity index is 716. The molecule has 128 valence electrons. The first-order valence-corrected chi connectivity index (χ1v) is 9.82. The van der Waals surface area contributed by atoms with Gasteiger partial charge in [0.25, 0.3) is 5.91 Å². The van der Waals surface area contributed by atoms with E-state index in [1.54, 1.807) is 11.3 Å². The highest BCUT2D eigenvalue weighted by Crippen LogP contribution is 2.31. The van der Waals surface area contributed by atoms with Crippen LogP contribution in [0.1, 0.15) is 35.1 Å². The third-order valence-corrected chi connectivity index (χ3v) is 6.04. The summed E-state index contributed by atoms with van der Waals surface area (Å²) in [5.41, 5.74) is 1.84. The van der Waals surface area contributed by atoms with Crippen molar-refractivity contribution >= 4 is 34.6 Å². The number of aromatic nitrogens is 1. The van der Waals surface area contributed by atoms with Crippen LogP contribution < -0.4 is 0 Å². The molecule has 1 aliphatic rings. The molecule has 0 radical (unpaired) electrons. The van der Waals surface area contributed by atoms with Gasteiger partial charge in [-0.15, -0.1) is 11.3 Å². The first kappa shape index (κ1) is 17.1. The zero-order valence-corrected chi connectivity index (χ0v) is 15.4. The van der Waals surface area contributed by atoms with Crippen molar-refractivity contribution in [3.05, 3.63) is 27.4 Å². The summed E-state index contributed by atoms with van der Waals surface area (Å²) in [6.07, 6.45) is 1.33. The minimum absolute atomic E-state index is 0.0220. The van der Waals surface area contributed by atoms with Crippen LogP contribution in [0.2, 0.25) is 0 Å². The van der Waals surface area contributed by atoms with Crippen LogP contribution >= 0.6 is 22.7 Å². The fraction of sp³-hybridized carbons (Fsp3) is 0.471. The molecule has 2 aromatic rings. The Morgan fingerprint density at radius 1 is 1.38 bits per heavy atom. The Morgan fingerprint density at radius 2 is 2.12 bits per heavy atom. The first-order chi connectivity index (χ1) is 11.6. The number of rotatable bonds is 4. The van der Waals surface area contributed by atoms with Crippen LogP contribution in [0, 0.1) is 12.8 Å². The van der Waals surface area contributed by atoms with Crippen LogP contribution in [0.4, 0.5) is 0 Å². The zero-order chi connectivity index (χ0) is 17.1. The number of esters is 1. The summed E-state index contributed by atoms with van der Waals surface area (Å²) >= 11 is 3.07. The molecular formula is C17H20N2O3S2. The number of thiazole rings is 1. The van der Waals surface area contributed by atoms with Crippen molar-refractivity contribution in [2.45, 2.75) is 26.7 Å². The highest BCUT2D eigenvalue weighted by molar-refractivity contribution is 7.17. The highest BCUT2D eigenvalue weighted by Gasteiger charge is 2.30. The smallest absolute Gasteiger partial charge is 0.309 e. The lowest BCUT2D eigenvalue weighted by atomic mass is 9.97. The molecule has 1 aliphatic heterocycles. The van der Waals surface area contributed by atoms with Crippen molar-refractivity contribution in [1.82, 2.24) is 9.88 Å². The van der Waals surface area contributed by atoms with Crippen molar-refractivity contribution in [1.29, 1.82) is 0 Å². The molecule has 24 heavy (non-hydrogen) atoms. The molecule has 0 spiro atoms. The predicted octanol–water partition coefficient (Wildman–Crippen LogP) is 3.60. The van der Waals surface area contributed by atoms with Gasteiger partial charge in [0, 0.05) is 24.0 Å². The third-order valence-electron chi connectivity index (χ3n) is 4.16. The zero-order valence-electron chi connectivity index (χ0n) is 13.8. The number of hydrogen-bond donors (Lipinski definition) is 0. The fourth-order valence-corrected chi connectivity index (χ4v) is 4.57.